The second-order valence-corrected chi connectivity index (χ2v) is 5.03. The van der Waals surface area contributed by atoms with Gasteiger partial charge in [-0.05, 0) is 18.8 Å². The number of nitrogens with zero attached hydrogens (tertiary/aromatic N) is 2. The van der Waals surface area contributed by atoms with Crippen LogP contribution in [0.2, 0.25) is 0 Å². The lowest BCUT2D eigenvalue weighted by Crippen LogP contribution is -2.32. The highest BCUT2D eigenvalue weighted by atomic mass is 32.1. The van der Waals surface area contributed by atoms with Crippen molar-refractivity contribution in [1.82, 2.24) is 4.98 Å². The number of piperidine rings is 1. The fourth-order valence-corrected chi connectivity index (χ4v) is 2.54. The Morgan fingerprint density at radius 3 is 2.86 bits per heavy atom. The monoisotopic (exact) mass is 212 g/mol. The van der Waals surface area contributed by atoms with Crippen LogP contribution in [0.4, 0.5) is 5.13 Å². The minimum Gasteiger partial charge on any atom is -0.391 e. The lowest BCUT2D eigenvalue weighted by atomic mass is 10.00. The molecular formula is C10H16N2OS. The highest BCUT2D eigenvalue weighted by Gasteiger charge is 2.18. The summed E-state index contributed by atoms with van der Waals surface area (Å²) in [5.74, 6) is 0.850. The second kappa shape index (κ2) is 4.28. The molecule has 0 aromatic carbocycles. The summed E-state index contributed by atoms with van der Waals surface area (Å²) in [6.45, 7) is 4.64. The van der Waals surface area contributed by atoms with E-state index >= 15 is 0 Å². The Kier molecular flexibility index (Phi) is 3.03. The van der Waals surface area contributed by atoms with Gasteiger partial charge in [0, 0.05) is 19.3 Å². The first-order valence-electron chi connectivity index (χ1n) is 5.10. The minimum atomic E-state index is 0.113. The summed E-state index contributed by atoms with van der Waals surface area (Å²) in [6.07, 6.45) is 4.29. The van der Waals surface area contributed by atoms with Crippen LogP contribution in [0.3, 0.4) is 0 Å². The number of aliphatic hydroxyl groups is 1. The van der Waals surface area contributed by atoms with E-state index in [1.54, 1.807) is 17.5 Å². The van der Waals surface area contributed by atoms with Crippen LogP contribution in [0, 0.1) is 5.92 Å². The van der Waals surface area contributed by atoms with Crippen LogP contribution >= 0.6 is 11.3 Å². The van der Waals surface area contributed by atoms with Crippen molar-refractivity contribution in [3.8, 4) is 0 Å². The van der Waals surface area contributed by atoms with Gasteiger partial charge in [-0.3, -0.25) is 0 Å². The second-order valence-electron chi connectivity index (χ2n) is 3.94. The molecular weight excluding hydrogens is 196 g/mol. The van der Waals surface area contributed by atoms with Crippen molar-refractivity contribution in [2.75, 3.05) is 18.0 Å². The third-order valence-corrected chi connectivity index (χ3v) is 3.79. The van der Waals surface area contributed by atoms with Crippen LogP contribution in [0.25, 0.3) is 0 Å². The Bertz CT molecular complexity index is 292. The molecule has 0 saturated carbocycles. The van der Waals surface area contributed by atoms with E-state index in [1.165, 1.54) is 12.8 Å². The number of rotatable bonds is 2. The summed E-state index contributed by atoms with van der Waals surface area (Å²) < 4.78 is 0. The Labute approximate surface area is 88.4 Å². The molecule has 2 heterocycles. The first kappa shape index (κ1) is 9.93. The number of aliphatic hydroxyl groups excluding tert-OH is 1. The first-order chi connectivity index (χ1) is 6.79. The molecule has 1 saturated heterocycles. The molecule has 0 amide bonds. The number of aromatic nitrogens is 1. The van der Waals surface area contributed by atoms with E-state index in [2.05, 4.69) is 16.8 Å². The van der Waals surface area contributed by atoms with E-state index in [4.69, 9.17) is 5.11 Å². The molecule has 1 N–H and O–H groups in total. The first-order valence-corrected chi connectivity index (χ1v) is 5.91. The third kappa shape index (κ3) is 2.07. The van der Waals surface area contributed by atoms with Crippen molar-refractivity contribution in [2.24, 2.45) is 5.92 Å². The van der Waals surface area contributed by atoms with Gasteiger partial charge in [-0.15, -0.1) is 0 Å². The van der Waals surface area contributed by atoms with Crippen molar-refractivity contribution >= 4 is 16.5 Å². The molecule has 0 bridgehead atoms. The van der Waals surface area contributed by atoms with E-state index in [0.717, 1.165) is 29.0 Å². The number of thiazole rings is 1. The van der Waals surface area contributed by atoms with Gasteiger partial charge in [-0.25, -0.2) is 4.98 Å². The Morgan fingerprint density at radius 2 is 2.29 bits per heavy atom. The van der Waals surface area contributed by atoms with Crippen LogP contribution in [0.1, 0.15) is 24.6 Å². The van der Waals surface area contributed by atoms with Crippen LogP contribution in [-0.4, -0.2) is 23.2 Å². The van der Waals surface area contributed by atoms with Crippen LogP contribution in [0.5, 0.6) is 0 Å². The van der Waals surface area contributed by atoms with Crippen LogP contribution in [-0.2, 0) is 6.61 Å². The summed E-state index contributed by atoms with van der Waals surface area (Å²) in [5, 5.41) is 10.0. The summed E-state index contributed by atoms with van der Waals surface area (Å²) >= 11 is 1.61. The Hall–Kier alpha value is -0.610. The highest BCUT2D eigenvalue weighted by molar-refractivity contribution is 7.15. The van der Waals surface area contributed by atoms with Gasteiger partial charge in [0.05, 0.1) is 11.5 Å². The van der Waals surface area contributed by atoms with Gasteiger partial charge in [-0.1, -0.05) is 18.3 Å². The molecule has 1 aromatic rings. The summed E-state index contributed by atoms with van der Waals surface area (Å²) in [5.41, 5.74) is 0. The molecule has 0 unspecified atom stereocenters. The summed E-state index contributed by atoms with van der Waals surface area (Å²) in [7, 11) is 0. The molecule has 1 aliphatic rings. The zero-order valence-corrected chi connectivity index (χ0v) is 9.26. The largest absolute Gasteiger partial charge is 0.391 e. The SMILES string of the molecule is CC1CCN(c2ncc(CO)s2)CC1. The fourth-order valence-electron chi connectivity index (χ4n) is 1.72. The Morgan fingerprint density at radius 1 is 1.57 bits per heavy atom. The van der Waals surface area contributed by atoms with Crippen molar-refractivity contribution < 1.29 is 5.11 Å². The van der Waals surface area contributed by atoms with E-state index < -0.39 is 0 Å². The molecule has 0 spiro atoms. The fraction of sp³-hybridized carbons (Fsp3) is 0.700. The molecule has 1 fully saturated rings. The van der Waals surface area contributed by atoms with Crippen LogP contribution < -0.4 is 4.90 Å². The van der Waals surface area contributed by atoms with Gasteiger partial charge < -0.3 is 10.0 Å². The standard InChI is InChI=1S/C10H16N2OS/c1-8-2-4-12(5-3-8)10-11-6-9(7-13)14-10/h6,8,13H,2-5,7H2,1H3. The molecule has 78 valence electrons. The molecule has 0 radical (unpaired) electrons. The molecule has 0 atom stereocenters. The zero-order chi connectivity index (χ0) is 9.97. The van der Waals surface area contributed by atoms with Crippen LogP contribution in [0.15, 0.2) is 6.20 Å². The third-order valence-electron chi connectivity index (χ3n) is 2.75. The van der Waals surface area contributed by atoms with Crippen molar-refractivity contribution in [3.63, 3.8) is 0 Å². The molecule has 1 aliphatic heterocycles. The zero-order valence-electron chi connectivity index (χ0n) is 8.44. The van der Waals surface area contributed by atoms with Gasteiger partial charge in [0.25, 0.3) is 0 Å². The number of anilines is 1. The average molecular weight is 212 g/mol. The maximum atomic E-state index is 8.94. The van der Waals surface area contributed by atoms with E-state index in [0.29, 0.717) is 0 Å². The molecule has 2 rings (SSSR count). The lowest BCUT2D eigenvalue weighted by Gasteiger charge is -2.29. The van der Waals surface area contributed by atoms with Gasteiger partial charge in [0.2, 0.25) is 0 Å². The van der Waals surface area contributed by atoms with E-state index in [1.807, 2.05) is 0 Å². The number of hydrogen-bond donors (Lipinski definition) is 1. The molecule has 3 nitrogen and oxygen atoms in total. The minimum absolute atomic E-state index is 0.113. The Balaban J connectivity index is 2.01. The van der Waals surface area contributed by atoms with E-state index in [9.17, 15) is 0 Å². The quantitative estimate of drug-likeness (QED) is 0.813. The van der Waals surface area contributed by atoms with Gasteiger partial charge in [-0.2, -0.15) is 0 Å². The topological polar surface area (TPSA) is 36.4 Å². The average Bonchev–Trinajstić information content (AvgIpc) is 2.67. The normalized spacial score (nSPS) is 18.9. The summed E-state index contributed by atoms with van der Waals surface area (Å²) in [6, 6.07) is 0. The maximum absolute atomic E-state index is 8.94. The highest BCUT2D eigenvalue weighted by Crippen LogP contribution is 2.26. The molecule has 0 aliphatic carbocycles. The van der Waals surface area contributed by atoms with Crippen molar-refractivity contribution in [2.45, 2.75) is 26.4 Å². The van der Waals surface area contributed by atoms with Crippen molar-refractivity contribution in [3.05, 3.63) is 11.1 Å². The van der Waals surface area contributed by atoms with E-state index in [-0.39, 0.29) is 6.61 Å². The lowest BCUT2D eigenvalue weighted by molar-refractivity contribution is 0.285. The molecule has 4 heteroatoms. The van der Waals surface area contributed by atoms with Gasteiger partial charge in [0.1, 0.15) is 0 Å². The number of hydrogen-bond acceptors (Lipinski definition) is 4. The molecule has 1 aromatic heterocycles. The predicted octanol–water partition coefficient (Wildman–Crippen LogP) is 1.87. The summed E-state index contributed by atoms with van der Waals surface area (Å²) in [4.78, 5) is 7.60. The predicted molar refractivity (Wildman–Crippen MR) is 58.6 cm³/mol. The molecule has 14 heavy (non-hydrogen) atoms. The maximum Gasteiger partial charge on any atom is 0.185 e. The van der Waals surface area contributed by atoms with Crippen molar-refractivity contribution in [1.29, 1.82) is 0 Å². The smallest absolute Gasteiger partial charge is 0.185 e. The van der Waals surface area contributed by atoms with Gasteiger partial charge in [0.15, 0.2) is 5.13 Å². The van der Waals surface area contributed by atoms with Gasteiger partial charge >= 0.3 is 0 Å².